The Morgan fingerprint density at radius 3 is 2.82 bits per heavy atom. The van der Waals surface area contributed by atoms with Gasteiger partial charge >= 0.3 is 0 Å². The number of nitrogens with zero attached hydrogens (tertiary/aromatic N) is 3. The third kappa shape index (κ3) is 2.92. The van der Waals surface area contributed by atoms with Gasteiger partial charge in [-0.25, -0.2) is 9.40 Å². The van der Waals surface area contributed by atoms with Crippen molar-refractivity contribution in [2.75, 3.05) is 6.54 Å². The van der Waals surface area contributed by atoms with Gasteiger partial charge in [0.25, 0.3) is 0 Å². The second-order valence-corrected chi connectivity index (χ2v) is 6.74. The molecule has 3 aliphatic rings. The van der Waals surface area contributed by atoms with Crippen LogP contribution in [0.4, 0.5) is 4.39 Å². The van der Waals surface area contributed by atoms with E-state index in [0.29, 0.717) is 24.7 Å². The molecular weight excluding hydrogens is 277 g/mol. The molecule has 4 heteroatoms. The smallest absolute Gasteiger partial charge is 0.168 e. The fraction of sp³-hybridized carbons (Fsp3) is 0.556. The maximum absolute atomic E-state index is 15.1. The van der Waals surface area contributed by atoms with Gasteiger partial charge in [-0.3, -0.25) is 4.99 Å². The van der Waals surface area contributed by atoms with Gasteiger partial charge in [0.1, 0.15) is 0 Å². The van der Waals surface area contributed by atoms with E-state index in [1.807, 2.05) is 12.2 Å². The zero-order chi connectivity index (χ0) is 15.7. The molecule has 0 bridgehead atoms. The van der Waals surface area contributed by atoms with Crippen molar-refractivity contribution in [3.05, 3.63) is 36.5 Å². The summed E-state index contributed by atoms with van der Waals surface area (Å²) in [5, 5.41) is 5.79. The fourth-order valence-corrected chi connectivity index (χ4v) is 3.39. The molecule has 0 aromatic heterocycles. The summed E-state index contributed by atoms with van der Waals surface area (Å²) in [6.07, 6.45) is 12.0. The van der Waals surface area contributed by atoms with Crippen LogP contribution in [-0.4, -0.2) is 35.8 Å². The van der Waals surface area contributed by atoms with Crippen LogP contribution >= 0.6 is 0 Å². The fourth-order valence-electron chi connectivity index (χ4n) is 3.39. The van der Waals surface area contributed by atoms with E-state index in [-0.39, 0.29) is 12.0 Å². The van der Waals surface area contributed by atoms with Crippen LogP contribution in [0.15, 0.2) is 46.5 Å². The van der Waals surface area contributed by atoms with Crippen LogP contribution in [-0.2, 0) is 0 Å². The maximum Gasteiger partial charge on any atom is 0.168 e. The molecule has 0 spiro atoms. The average Bonchev–Trinajstić information content (AvgIpc) is 3.31. The number of aliphatic imine (C=N–C) groups is 1. The highest BCUT2D eigenvalue weighted by Gasteiger charge is 2.49. The van der Waals surface area contributed by atoms with Crippen molar-refractivity contribution in [1.29, 1.82) is 0 Å². The lowest BCUT2D eigenvalue weighted by molar-refractivity contribution is 0.238. The van der Waals surface area contributed by atoms with Gasteiger partial charge in [-0.15, -0.1) is 0 Å². The van der Waals surface area contributed by atoms with Crippen LogP contribution in [0.5, 0.6) is 0 Å². The number of rotatable bonds is 5. The molecule has 3 unspecified atom stereocenters. The largest absolute Gasteiger partial charge is 0.263 e. The standard InChI is InChI=1S/C18H24FN3/c1-13(14-9-10-14)12-21-17-18(2,19)11-16(22(17)20-3)15-7-5-4-6-8-15/h4-7,14-16H,1,3,8-12H2,2H3/b21-17-. The molecule has 1 saturated carbocycles. The summed E-state index contributed by atoms with van der Waals surface area (Å²) >= 11 is 0. The molecule has 3 nitrogen and oxygen atoms in total. The van der Waals surface area contributed by atoms with Crippen LogP contribution < -0.4 is 0 Å². The Morgan fingerprint density at radius 1 is 1.45 bits per heavy atom. The Bertz CT molecular complexity index is 555. The zero-order valence-electron chi connectivity index (χ0n) is 13.2. The molecule has 0 amide bonds. The maximum atomic E-state index is 15.1. The molecule has 1 aliphatic heterocycles. The Kier molecular flexibility index (Phi) is 4.02. The molecule has 2 fully saturated rings. The van der Waals surface area contributed by atoms with Gasteiger partial charge in [0.05, 0.1) is 12.6 Å². The third-order valence-electron chi connectivity index (χ3n) is 4.84. The van der Waals surface area contributed by atoms with Crippen LogP contribution in [0.1, 0.15) is 32.6 Å². The summed E-state index contributed by atoms with van der Waals surface area (Å²) in [4.78, 5) is 4.53. The van der Waals surface area contributed by atoms with Gasteiger partial charge in [-0.2, -0.15) is 5.10 Å². The van der Waals surface area contributed by atoms with E-state index in [1.165, 1.54) is 12.8 Å². The first-order valence-electron chi connectivity index (χ1n) is 8.03. The van der Waals surface area contributed by atoms with E-state index in [2.05, 4.69) is 35.5 Å². The first-order valence-corrected chi connectivity index (χ1v) is 8.03. The van der Waals surface area contributed by atoms with Crippen molar-refractivity contribution < 1.29 is 4.39 Å². The number of halogens is 1. The third-order valence-corrected chi connectivity index (χ3v) is 4.84. The number of amidine groups is 1. The second kappa shape index (κ2) is 5.82. The number of hydrogen-bond donors (Lipinski definition) is 0. The molecular formula is C18H24FN3. The monoisotopic (exact) mass is 301 g/mol. The highest BCUT2D eigenvalue weighted by molar-refractivity contribution is 5.92. The lowest BCUT2D eigenvalue weighted by Crippen LogP contribution is -2.36. The number of allylic oxidation sites excluding steroid dienone is 3. The predicted molar refractivity (Wildman–Crippen MR) is 89.9 cm³/mol. The average molecular weight is 301 g/mol. The van der Waals surface area contributed by atoms with E-state index in [0.717, 1.165) is 12.0 Å². The summed E-state index contributed by atoms with van der Waals surface area (Å²) in [7, 11) is 0. The van der Waals surface area contributed by atoms with E-state index in [1.54, 1.807) is 11.9 Å². The topological polar surface area (TPSA) is 28.0 Å². The van der Waals surface area contributed by atoms with Gasteiger partial charge in [0.2, 0.25) is 0 Å². The zero-order valence-corrected chi connectivity index (χ0v) is 13.2. The van der Waals surface area contributed by atoms with Crippen molar-refractivity contribution >= 4 is 12.6 Å². The molecule has 1 heterocycles. The highest BCUT2D eigenvalue weighted by atomic mass is 19.1. The molecule has 3 atom stereocenters. The predicted octanol–water partition coefficient (Wildman–Crippen LogP) is 3.90. The molecule has 1 saturated heterocycles. The van der Waals surface area contributed by atoms with Gasteiger partial charge < -0.3 is 0 Å². The summed E-state index contributed by atoms with van der Waals surface area (Å²) < 4.78 is 15.1. The molecule has 118 valence electrons. The quantitative estimate of drug-likeness (QED) is 0.559. The minimum absolute atomic E-state index is 0.0124. The number of hydrogen-bond acceptors (Lipinski definition) is 2. The molecule has 3 rings (SSSR count). The Labute approximate surface area is 132 Å². The van der Waals surface area contributed by atoms with E-state index < -0.39 is 5.67 Å². The van der Waals surface area contributed by atoms with E-state index in [4.69, 9.17) is 0 Å². The van der Waals surface area contributed by atoms with Gasteiger partial charge in [0.15, 0.2) is 11.5 Å². The van der Waals surface area contributed by atoms with Crippen molar-refractivity contribution in [2.45, 2.75) is 44.3 Å². The molecule has 0 N–H and O–H groups in total. The molecule has 2 aliphatic carbocycles. The summed E-state index contributed by atoms with van der Waals surface area (Å²) in [6.45, 7) is 9.81. The minimum atomic E-state index is -1.45. The Hall–Kier alpha value is -1.71. The van der Waals surface area contributed by atoms with Crippen molar-refractivity contribution in [2.24, 2.45) is 21.9 Å². The first-order chi connectivity index (χ1) is 10.5. The highest BCUT2D eigenvalue weighted by Crippen LogP contribution is 2.39. The van der Waals surface area contributed by atoms with Crippen molar-refractivity contribution in [3.8, 4) is 0 Å². The van der Waals surface area contributed by atoms with Crippen LogP contribution in [0.25, 0.3) is 0 Å². The number of alkyl halides is 1. The molecule has 0 radical (unpaired) electrons. The molecule has 0 aromatic carbocycles. The number of hydrazone groups is 1. The normalized spacial score (nSPS) is 36.1. The SMILES string of the molecule is C=NN1/C(=N\CC(=C)C2CC2)C(C)(F)CC1C1C=CC=CC1. The van der Waals surface area contributed by atoms with E-state index in [9.17, 15) is 0 Å². The Morgan fingerprint density at radius 2 is 2.23 bits per heavy atom. The van der Waals surface area contributed by atoms with Gasteiger partial charge in [-0.1, -0.05) is 36.5 Å². The molecule has 0 aromatic rings. The van der Waals surface area contributed by atoms with Crippen molar-refractivity contribution in [1.82, 2.24) is 5.01 Å². The van der Waals surface area contributed by atoms with Crippen LogP contribution in [0, 0.1) is 11.8 Å². The van der Waals surface area contributed by atoms with Crippen LogP contribution in [0.2, 0.25) is 0 Å². The summed E-state index contributed by atoms with van der Waals surface area (Å²) in [6, 6.07) is -0.0124. The summed E-state index contributed by atoms with van der Waals surface area (Å²) in [5.74, 6) is 1.26. The van der Waals surface area contributed by atoms with Gasteiger partial charge in [-0.05, 0) is 32.1 Å². The van der Waals surface area contributed by atoms with Crippen LogP contribution in [0.3, 0.4) is 0 Å². The van der Waals surface area contributed by atoms with E-state index >= 15 is 4.39 Å². The lowest BCUT2D eigenvalue weighted by Gasteiger charge is -2.27. The minimum Gasteiger partial charge on any atom is -0.263 e. The summed E-state index contributed by atoms with van der Waals surface area (Å²) in [5.41, 5.74) is -0.346. The van der Waals surface area contributed by atoms with Crippen molar-refractivity contribution in [3.63, 3.8) is 0 Å². The lowest BCUT2D eigenvalue weighted by atomic mass is 9.89. The van der Waals surface area contributed by atoms with Gasteiger partial charge in [0, 0.05) is 19.1 Å². The second-order valence-electron chi connectivity index (χ2n) is 6.74. The molecule has 22 heavy (non-hydrogen) atoms. The Balaban J connectivity index is 1.79. The first kappa shape index (κ1) is 15.2.